The molecule has 0 aliphatic rings. The van der Waals surface area contributed by atoms with E-state index in [4.69, 9.17) is 9.47 Å². The number of methoxy groups -OCH3 is 2. The second kappa shape index (κ2) is 3.87. The number of nitrogens with zero attached hydrogens (tertiary/aromatic N) is 2. The Kier molecular flexibility index (Phi) is 2.82. The first-order valence-electron chi connectivity index (χ1n) is 3.54. The van der Waals surface area contributed by atoms with Crippen molar-refractivity contribution < 1.29 is 15.2 Å². The van der Waals surface area contributed by atoms with Crippen LogP contribution in [-0.2, 0) is 6.54 Å². The van der Waals surface area contributed by atoms with E-state index in [1.807, 2.05) is 0 Å². The molecule has 0 bridgehead atoms. The average molecular weight is 170 g/mol. The maximum atomic E-state index is 5.01. The van der Waals surface area contributed by atoms with Crippen LogP contribution in [0.4, 0.5) is 0 Å². The van der Waals surface area contributed by atoms with E-state index in [1.165, 1.54) is 6.33 Å². The van der Waals surface area contributed by atoms with Gasteiger partial charge in [-0.15, -0.1) is 0 Å². The molecule has 1 aromatic heterocycles. The van der Waals surface area contributed by atoms with E-state index in [0.29, 0.717) is 18.3 Å². The van der Waals surface area contributed by atoms with Crippen LogP contribution in [0.3, 0.4) is 0 Å². The average Bonchev–Trinajstić information content (AvgIpc) is 2.16. The van der Waals surface area contributed by atoms with Crippen molar-refractivity contribution in [3.8, 4) is 11.8 Å². The summed E-state index contributed by atoms with van der Waals surface area (Å²) in [7, 11) is 3.11. The fourth-order valence-corrected chi connectivity index (χ4v) is 0.947. The van der Waals surface area contributed by atoms with Crippen LogP contribution in [0.2, 0.25) is 0 Å². The SMILES string of the molecule is COc1ncnc(OC)c1C[NH3+]. The smallest absolute Gasteiger partial charge is 0.229 e. The Hall–Kier alpha value is -1.36. The van der Waals surface area contributed by atoms with Gasteiger partial charge in [-0.1, -0.05) is 0 Å². The Bertz CT molecular complexity index is 243. The zero-order chi connectivity index (χ0) is 8.97. The first kappa shape index (κ1) is 8.73. The highest BCUT2D eigenvalue weighted by molar-refractivity contribution is 5.33. The zero-order valence-corrected chi connectivity index (χ0v) is 7.20. The number of hydrogen-bond donors (Lipinski definition) is 1. The number of rotatable bonds is 3. The summed E-state index contributed by atoms with van der Waals surface area (Å²) in [4.78, 5) is 7.85. The molecule has 1 heterocycles. The maximum absolute atomic E-state index is 5.01. The molecular formula is C7H12N3O2+. The standard InChI is InChI=1S/C7H11N3O2/c1-11-6-5(3-8)7(12-2)10-4-9-6/h4H,3,8H2,1-2H3/p+1. The van der Waals surface area contributed by atoms with Crippen LogP contribution in [0, 0.1) is 0 Å². The molecule has 5 heteroatoms. The van der Waals surface area contributed by atoms with Gasteiger partial charge in [-0.3, -0.25) is 0 Å². The van der Waals surface area contributed by atoms with Crippen molar-refractivity contribution in [2.45, 2.75) is 6.54 Å². The summed E-state index contributed by atoms with van der Waals surface area (Å²) in [5.41, 5.74) is 4.53. The van der Waals surface area contributed by atoms with Gasteiger partial charge in [-0.25, -0.2) is 9.97 Å². The van der Waals surface area contributed by atoms with E-state index in [-0.39, 0.29) is 0 Å². The van der Waals surface area contributed by atoms with Gasteiger partial charge < -0.3 is 15.2 Å². The van der Waals surface area contributed by atoms with Crippen molar-refractivity contribution in [1.29, 1.82) is 0 Å². The van der Waals surface area contributed by atoms with Gasteiger partial charge in [0.15, 0.2) is 0 Å². The number of quaternary nitrogens is 1. The highest BCUT2D eigenvalue weighted by Gasteiger charge is 2.11. The molecule has 0 fully saturated rings. The van der Waals surface area contributed by atoms with Crippen LogP contribution >= 0.6 is 0 Å². The molecule has 0 aliphatic heterocycles. The summed E-state index contributed by atoms with van der Waals surface area (Å²) in [6, 6.07) is 0. The lowest BCUT2D eigenvalue weighted by molar-refractivity contribution is -0.386. The van der Waals surface area contributed by atoms with Crippen LogP contribution in [0.1, 0.15) is 5.56 Å². The molecule has 0 radical (unpaired) electrons. The van der Waals surface area contributed by atoms with Gasteiger partial charge in [0.1, 0.15) is 18.4 Å². The summed E-state index contributed by atoms with van der Waals surface area (Å²) >= 11 is 0. The molecule has 12 heavy (non-hydrogen) atoms. The molecule has 0 atom stereocenters. The lowest BCUT2D eigenvalue weighted by Gasteiger charge is -2.06. The molecule has 0 amide bonds. The fraction of sp³-hybridized carbons (Fsp3) is 0.429. The summed E-state index contributed by atoms with van der Waals surface area (Å²) < 4.78 is 10.0. The van der Waals surface area contributed by atoms with Crippen LogP contribution in [0.15, 0.2) is 6.33 Å². The van der Waals surface area contributed by atoms with Gasteiger partial charge in [0.25, 0.3) is 0 Å². The van der Waals surface area contributed by atoms with E-state index in [0.717, 1.165) is 5.56 Å². The number of ether oxygens (including phenoxy) is 2. The van der Waals surface area contributed by atoms with E-state index in [9.17, 15) is 0 Å². The van der Waals surface area contributed by atoms with Crippen molar-refractivity contribution in [2.24, 2.45) is 0 Å². The maximum Gasteiger partial charge on any atom is 0.229 e. The number of hydrogen-bond acceptors (Lipinski definition) is 4. The van der Waals surface area contributed by atoms with Gasteiger partial charge >= 0.3 is 0 Å². The Balaban J connectivity index is 3.13. The molecule has 0 aliphatic carbocycles. The highest BCUT2D eigenvalue weighted by Crippen LogP contribution is 2.21. The second-order valence-electron chi connectivity index (χ2n) is 2.12. The van der Waals surface area contributed by atoms with Gasteiger partial charge in [0, 0.05) is 0 Å². The Morgan fingerprint density at radius 2 is 1.75 bits per heavy atom. The fourth-order valence-electron chi connectivity index (χ4n) is 0.947. The first-order chi connectivity index (χ1) is 5.83. The van der Waals surface area contributed by atoms with E-state index >= 15 is 0 Å². The molecule has 3 N–H and O–H groups in total. The van der Waals surface area contributed by atoms with Crippen LogP contribution in [0.5, 0.6) is 11.8 Å². The third-order valence-electron chi connectivity index (χ3n) is 1.50. The summed E-state index contributed by atoms with van der Waals surface area (Å²) in [6.45, 7) is 0.549. The first-order valence-corrected chi connectivity index (χ1v) is 3.54. The second-order valence-corrected chi connectivity index (χ2v) is 2.12. The van der Waals surface area contributed by atoms with E-state index in [1.54, 1.807) is 14.2 Å². The molecule has 66 valence electrons. The third kappa shape index (κ3) is 1.45. The van der Waals surface area contributed by atoms with Crippen molar-refractivity contribution in [3.63, 3.8) is 0 Å². The predicted octanol–water partition coefficient (Wildman–Crippen LogP) is -0.764. The summed E-state index contributed by atoms with van der Waals surface area (Å²) in [6.07, 6.45) is 1.40. The Labute approximate surface area is 70.5 Å². The van der Waals surface area contributed by atoms with Crippen molar-refractivity contribution in [2.75, 3.05) is 14.2 Å². The van der Waals surface area contributed by atoms with Crippen LogP contribution < -0.4 is 15.2 Å². The molecule has 1 aromatic rings. The Morgan fingerprint density at radius 3 is 2.08 bits per heavy atom. The molecule has 0 aromatic carbocycles. The molecule has 0 unspecified atom stereocenters. The van der Waals surface area contributed by atoms with Crippen molar-refractivity contribution in [1.82, 2.24) is 9.97 Å². The molecule has 0 spiro atoms. The van der Waals surface area contributed by atoms with Crippen LogP contribution in [-0.4, -0.2) is 24.2 Å². The monoisotopic (exact) mass is 170 g/mol. The minimum Gasteiger partial charge on any atom is -0.480 e. The predicted molar refractivity (Wildman–Crippen MR) is 41.7 cm³/mol. The van der Waals surface area contributed by atoms with Gasteiger partial charge in [-0.2, -0.15) is 0 Å². The van der Waals surface area contributed by atoms with Crippen molar-refractivity contribution >= 4 is 0 Å². The van der Waals surface area contributed by atoms with Gasteiger partial charge in [0.2, 0.25) is 11.8 Å². The van der Waals surface area contributed by atoms with E-state index < -0.39 is 0 Å². The highest BCUT2D eigenvalue weighted by atomic mass is 16.5. The molecular weight excluding hydrogens is 158 g/mol. The quantitative estimate of drug-likeness (QED) is 0.647. The van der Waals surface area contributed by atoms with Gasteiger partial charge in [-0.05, 0) is 0 Å². The van der Waals surface area contributed by atoms with Crippen LogP contribution in [0.25, 0.3) is 0 Å². The lowest BCUT2D eigenvalue weighted by Crippen LogP contribution is -2.47. The third-order valence-corrected chi connectivity index (χ3v) is 1.50. The molecule has 0 saturated heterocycles. The molecule has 1 rings (SSSR count). The van der Waals surface area contributed by atoms with E-state index in [2.05, 4.69) is 15.7 Å². The largest absolute Gasteiger partial charge is 0.480 e. The minimum atomic E-state index is 0.525. The topological polar surface area (TPSA) is 71.9 Å². The lowest BCUT2D eigenvalue weighted by atomic mass is 10.3. The minimum absolute atomic E-state index is 0.525. The zero-order valence-electron chi connectivity index (χ0n) is 7.20. The molecule has 5 nitrogen and oxygen atoms in total. The molecule has 0 saturated carbocycles. The summed E-state index contributed by atoms with van der Waals surface area (Å²) in [5.74, 6) is 1.05. The van der Waals surface area contributed by atoms with Gasteiger partial charge in [0.05, 0.1) is 14.2 Å². The number of aromatic nitrogens is 2. The normalized spacial score (nSPS) is 9.58. The summed E-state index contributed by atoms with van der Waals surface area (Å²) in [5, 5.41) is 0. The Morgan fingerprint density at radius 1 is 1.25 bits per heavy atom. The van der Waals surface area contributed by atoms with Crippen molar-refractivity contribution in [3.05, 3.63) is 11.9 Å².